The molecule has 0 saturated carbocycles. The van der Waals surface area contributed by atoms with Gasteiger partial charge in [-0.3, -0.25) is 14.4 Å². The van der Waals surface area contributed by atoms with Crippen LogP contribution in [-0.2, 0) is 4.79 Å². The molecule has 0 atom stereocenters. The smallest absolute Gasteiger partial charge is 0.261 e. The number of thiazole rings is 1. The van der Waals surface area contributed by atoms with E-state index in [-0.39, 0.29) is 17.4 Å². The number of nitrogens with zero attached hydrogens (tertiary/aromatic N) is 3. The first kappa shape index (κ1) is 24.0. The van der Waals surface area contributed by atoms with Crippen LogP contribution in [0.1, 0.15) is 21.6 Å². The molecule has 0 aliphatic carbocycles. The van der Waals surface area contributed by atoms with Crippen LogP contribution in [0, 0.1) is 0 Å². The molecule has 38 heavy (non-hydrogen) atoms. The minimum Gasteiger partial charge on any atom is -0.336 e. The zero-order valence-corrected chi connectivity index (χ0v) is 21.5. The van der Waals surface area contributed by atoms with Crippen molar-refractivity contribution in [3.05, 3.63) is 93.2 Å². The van der Waals surface area contributed by atoms with Crippen molar-refractivity contribution in [2.45, 2.75) is 0 Å². The third-order valence-electron chi connectivity index (χ3n) is 6.88. The van der Waals surface area contributed by atoms with Gasteiger partial charge < -0.3 is 20.1 Å². The number of anilines is 1. The molecular formula is C29H25N5O3S. The first-order chi connectivity index (χ1) is 18.5. The molecule has 0 bridgehead atoms. The number of rotatable bonds is 4. The number of carbonyl (C=O) groups is 2. The summed E-state index contributed by atoms with van der Waals surface area (Å²) in [6.45, 7) is 2.73. The summed E-state index contributed by atoms with van der Waals surface area (Å²) in [4.78, 5) is 49.9. The first-order valence-corrected chi connectivity index (χ1v) is 13.2. The minimum atomic E-state index is -0.466. The number of fused-ring (bicyclic) bond motifs is 1. The number of hydrogen-bond acceptors (Lipinski definition) is 6. The number of nitrogens with one attached hydrogen (secondary N) is 2. The van der Waals surface area contributed by atoms with E-state index in [1.54, 1.807) is 28.4 Å². The van der Waals surface area contributed by atoms with Gasteiger partial charge in [0, 0.05) is 59.6 Å². The average molecular weight is 524 g/mol. The molecular weight excluding hydrogens is 498 g/mol. The van der Waals surface area contributed by atoms with Crippen LogP contribution in [0.2, 0.25) is 0 Å². The van der Waals surface area contributed by atoms with Crippen molar-refractivity contribution in [1.82, 2.24) is 19.8 Å². The largest absolute Gasteiger partial charge is 0.336 e. The van der Waals surface area contributed by atoms with Crippen LogP contribution in [0.3, 0.4) is 0 Å². The Labute approximate surface area is 223 Å². The Morgan fingerprint density at radius 2 is 1.76 bits per heavy atom. The molecule has 2 amide bonds. The lowest BCUT2D eigenvalue weighted by atomic mass is 10.0. The second-order valence-electron chi connectivity index (χ2n) is 9.43. The molecule has 0 unspecified atom stereocenters. The number of likely N-dealkylation sites (N-methyl/N-ethyl adjacent to an activating group) is 1. The van der Waals surface area contributed by atoms with Crippen molar-refractivity contribution >= 4 is 40.5 Å². The molecule has 0 spiro atoms. The molecule has 8 nitrogen and oxygen atoms in total. The van der Waals surface area contributed by atoms with Crippen LogP contribution in [-0.4, -0.2) is 64.8 Å². The van der Waals surface area contributed by atoms with Gasteiger partial charge >= 0.3 is 0 Å². The summed E-state index contributed by atoms with van der Waals surface area (Å²) in [5.41, 5.74) is 4.75. The van der Waals surface area contributed by atoms with Gasteiger partial charge in [0.25, 0.3) is 17.4 Å². The van der Waals surface area contributed by atoms with Crippen LogP contribution in [0.5, 0.6) is 0 Å². The molecule has 2 aliphatic heterocycles. The summed E-state index contributed by atoms with van der Waals surface area (Å²) in [7, 11) is 2.01. The molecule has 9 heteroatoms. The maximum atomic E-state index is 12.9. The Hall–Kier alpha value is -4.34. The third kappa shape index (κ3) is 4.57. The molecule has 0 radical (unpaired) electrons. The quantitative estimate of drug-likeness (QED) is 0.394. The number of carbonyl (C=O) groups excluding carboxylic acids is 2. The summed E-state index contributed by atoms with van der Waals surface area (Å²) in [5.74, 6) is -0.524. The van der Waals surface area contributed by atoms with E-state index in [1.165, 1.54) is 6.07 Å². The maximum absolute atomic E-state index is 12.9. The van der Waals surface area contributed by atoms with Gasteiger partial charge in [-0.15, -0.1) is 11.3 Å². The van der Waals surface area contributed by atoms with E-state index in [9.17, 15) is 14.4 Å². The van der Waals surface area contributed by atoms with E-state index >= 15 is 0 Å². The lowest BCUT2D eigenvalue weighted by molar-refractivity contribution is -0.110. The van der Waals surface area contributed by atoms with Gasteiger partial charge in [0.15, 0.2) is 0 Å². The zero-order chi connectivity index (χ0) is 26.2. The lowest BCUT2D eigenvalue weighted by Gasteiger charge is -2.32. The number of hydrogen-bond donors (Lipinski definition) is 2. The summed E-state index contributed by atoms with van der Waals surface area (Å²) in [6.07, 6.45) is 1.65. The second-order valence-corrected chi connectivity index (χ2v) is 10.3. The standard InChI is InChI=1S/C29H25N5O3S/c1-33-11-13-34(14-12-33)29(37)21-9-8-20(30-26(21)35)16-23-22-15-19(7-10-24(22)31-27(23)36)25-17-38-28(32-25)18-5-3-2-4-6-18/h2-10,15-17H,11-14H2,1H3,(H,30,35)(H,31,36). The Kier molecular flexibility index (Phi) is 6.22. The van der Waals surface area contributed by atoms with Crippen LogP contribution < -0.4 is 10.9 Å². The molecule has 1 fully saturated rings. The highest BCUT2D eigenvalue weighted by atomic mass is 32.1. The van der Waals surface area contributed by atoms with Crippen molar-refractivity contribution in [2.75, 3.05) is 38.5 Å². The van der Waals surface area contributed by atoms with Crippen molar-refractivity contribution < 1.29 is 9.59 Å². The van der Waals surface area contributed by atoms with Gasteiger partial charge in [-0.2, -0.15) is 0 Å². The van der Waals surface area contributed by atoms with Crippen LogP contribution >= 0.6 is 11.3 Å². The fourth-order valence-corrected chi connectivity index (χ4v) is 5.52. The lowest BCUT2D eigenvalue weighted by Crippen LogP contribution is -2.48. The fourth-order valence-electron chi connectivity index (χ4n) is 4.69. The normalized spacial score (nSPS) is 16.5. The topological polar surface area (TPSA) is 98.4 Å². The first-order valence-electron chi connectivity index (χ1n) is 12.4. The minimum absolute atomic E-state index is 0.105. The maximum Gasteiger partial charge on any atom is 0.261 e. The Morgan fingerprint density at radius 3 is 2.53 bits per heavy atom. The number of benzene rings is 2. The SMILES string of the molecule is CN1CCN(C(=O)c2ccc(C=C3C(=O)Nc4ccc(-c5csc(-c6ccccc6)n5)cc43)[nH]c2=O)CC1. The van der Waals surface area contributed by atoms with Crippen molar-refractivity contribution in [3.63, 3.8) is 0 Å². The predicted octanol–water partition coefficient (Wildman–Crippen LogP) is 4.05. The second kappa shape index (κ2) is 9.85. The summed E-state index contributed by atoms with van der Waals surface area (Å²) >= 11 is 1.57. The zero-order valence-electron chi connectivity index (χ0n) is 20.7. The molecule has 2 N–H and O–H groups in total. The van der Waals surface area contributed by atoms with E-state index in [2.05, 4.69) is 15.2 Å². The van der Waals surface area contributed by atoms with E-state index in [1.807, 2.05) is 61.0 Å². The van der Waals surface area contributed by atoms with Gasteiger partial charge in [-0.25, -0.2) is 4.98 Å². The molecule has 6 rings (SSSR count). The van der Waals surface area contributed by atoms with E-state index in [0.29, 0.717) is 30.0 Å². The monoisotopic (exact) mass is 523 g/mol. The van der Waals surface area contributed by atoms with Crippen LogP contribution in [0.4, 0.5) is 5.69 Å². The van der Waals surface area contributed by atoms with Crippen molar-refractivity contribution in [2.24, 2.45) is 0 Å². The number of pyridine rings is 1. The van der Waals surface area contributed by atoms with Crippen LogP contribution in [0.15, 0.2) is 70.8 Å². The van der Waals surface area contributed by atoms with Crippen LogP contribution in [0.25, 0.3) is 33.5 Å². The Bertz CT molecular complexity index is 1630. The predicted molar refractivity (Wildman–Crippen MR) is 150 cm³/mol. The third-order valence-corrected chi connectivity index (χ3v) is 7.77. The fraction of sp³-hybridized carbons (Fsp3) is 0.172. The molecule has 4 heterocycles. The van der Waals surface area contributed by atoms with Gasteiger partial charge in [0.05, 0.1) is 11.3 Å². The number of amides is 2. The number of aromatic nitrogens is 2. The average Bonchev–Trinajstić information content (AvgIpc) is 3.54. The summed E-state index contributed by atoms with van der Waals surface area (Å²) in [5, 5.41) is 5.82. The molecule has 1 saturated heterocycles. The van der Waals surface area contributed by atoms with Gasteiger partial charge in [0.1, 0.15) is 10.6 Å². The Morgan fingerprint density at radius 1 is 0.974 bits per heavy atom. The highest BCUT2D eigenvalue weighted by molar-refractivity contribution is 7.13. The molecule has 2 aliphatic rings. The highest BCUT2D eigenvalue weighted by Crippen LogP contribution is 2.37. The van der Waals surface area contributed by atoms with E-state index < -0.39 is 5.56 Å². The number of piperazine rings is 1. The molecule has 2 aromatic heterocycles. The number of aromatic amines is 1. The summed E-state index contributed by atoms with van der Waals surface area (Å²) < 4.78 is 0. The molecule has 190 valence electrons. The summed E-state index contributed by atoms with van der Waals surface area (Å²) in [6, 6.07) is 18.9. The molecule has 4 aromatic rings. The highest BCUT2D eigenvalue weighted by Gasteiger charge is 2.26. The molecule has 2 aromatic carbocycles. The van der Waals surface area contributed by atoms with Crippen molar-refractivity contribution in [1.29, 1.82) is 0 Å². The van der Waals surface area contributed by atoms with E-state index in [4.69, 9.17) is 4.98 Å². The van der Waals surface area contributed by atoms with Gasteiger partial charge in [-0.1, -0.05) is 36.4 Å². The van der Waals surface area contributed by atoms with E-state index in [0.717, 1.165) is 40.5 Å². The Balaban J connectivity index is 1.28. The van der Waals surface area contributed by atoms with Gasteiger partial charge in [0.2, 0.25) is 0 Å². The van der Waals surface area contributed by atoms with Crippen molar-refractivity contribution in [3.8, 4) is 21.8 Å². The van der Waals surface area contributed by atoms with Gasteiger partial charge in [-0.05, 0) is 37.4 Å². The number of H-pyrrole nitrogens is 1.